The summed E-state index contributed by atoms with van der Waals surface area (Å²) in [5.74, 6) is -1.08. The summed E-state index contributed by atoms with van der Waals surface area (Å²) in [6.07, 6.45) is 0.650. The molecule has 0 aliphatic carbocycles. The third kappa shape index (κ3) is 5.64. The maximum atomic E-state index is 13.0. The molecule has 1 aliphatic heterocycles. The SMILES string of the molecule is COC(=O)[C@@H](Cc1ccccc1C#N)NC(=O)[C@H]1CCCN1C(=O)OCc1ccccc1. The van der Waals surface area contributed by atoms with Crippen molar-refractivity contribution in [2.75, 3.05) is 13.7 Å². The Bertz CT molecular complexity index is 1000. The van der Waals surface area contributed by atoms with E-state index in [1.165, 1.54) is 12.0 Å². The van der Waals surface area contributed by atoms with Gasteiger partial charge in [0.2, 0.25) is 5.91 Å². The van der Waals surface area contributed by atoms with E-state index in [-0.39, 0.29) is 13.0 Å². The Hall–Kier alpha value is -3.86. The predicted molar refractivity (Wildman–Crippen MR) is 115 cm³/mol. The van der Waals surface area contributed by atoms with E-state index in [4.69, 9.17) is 9.47 Å². The van der Waals surface area contributed by atoms with Crippen LogP contribution in [0.3, 0.4) is 0 Å². The van der Waals surface area contributed by atoms with Crippen molar-refractivity contribution in [1.29, 1.82) is 5.26 Å². The van der Waals surface area contributed by atoms with Crippen LogP contribution in [0.15, 0.2) is 54.6 Å². The molecule has 2 aromatic carbocycles. The average Bonchev–Trinajstić information content (AvgIpc) is 3.33. The molecule has 0 radical (unpaired) electrons. The Morgan fingerprint density at radius 3 is 2.59 bits per heavy atom. The molecular formula is C24H25N3O5. The number of amides is 2. The lowest BCUT2D eigenvalue weighted by Crippen LogP contribution is -2.51. The Kier molecular flexibility index (Phi) is 7.81. The van der Waals surface area contributed by atoms with Crippen LogP contribution in [0.25, 0.3) is 0 Å². The smallest absolute Gasteiger partial charge is 0.410 e. The van der Waals surface area contributed by atoms with Crippen LogP contribution < -0.4 is 5.32 Å². The van der Waals surface area contributed by atoms with Crippen LogP contribution in [0.4, 0.5) is 4.79 Å². The van der Waals surface area contributed by atoms with Crippen molar-refractivity contribution in [3.8, 4) is 6.07 Å². The van der Waals surface area contributed by atoms with E-state index in [1.807, 2.05) is 30.3 Å². The van der Waals surface area contributed by atoms with Gasteiger partial charge in [-0.05, 0) is 30.0 Å². The summed E-state index contributed by atoms with van der Waals surface area (Å²) in [5.41, 5.74) is 1.89. The van der Waals surface area contributed by atoms with Crippen molar-refractivity contribution in [2.45, 2.75) is 38.0 Å². The summed E-state index contributed by atoms with van der Waals surface area (Å²) in [4.78, 5) is 39.3. The summed E-state index contributed by atoms with van der Waals surface area (Å²) in [6, 6.07) is 16.5. The minimum absolute atomic E-state index is 0.104. The number of carbonyl (C=O) groups is 3. The molecule has 3 rings (SSSR count). The highest BCUT2D eigenvalue weighted by Gasteiger charge is 2.37. The second kappa shape index (κ2) is 11.0. The Balaban J connectivity index is 1.66. The van der Waals surface area contributed by atoms with Gasteiger partial charge in [-0.25, -0.2) is 9.59 Å². The minimum atomic E-state index is -0.982. The molecule has 0 spiro atoms. The van der Waals surface area contributed by atoms with Crippen molar-refractivity contribution in [2.24, 2.45) is 0 Å². The largest absolute Gasteiger partial charge is 0.467 e. The number of nitrogens with zero attached hydrogens (tertiary/aromatic N) is 2. The highest BCUT2D eigenvalue weighted by molar-refractivity contribution is 5.90. The maximum absolute atomic E-state index is 13.0. The fraction of sp³-hybridized carbons (Fsp3) is 0.333. The van der Waals surface area contributed by atoms with Gasteiger partial charge in [-0.3, -0.25) is 9.69 Å². The number of hydrogen-bond acceptors (Lipinski definition) is 6. The van der Waals surface area contributed by atoms with Crippen LogP contribution in [-0.4, -0.2) is 48.6 Å². The second-order valence-corrected chi connectivity index (χ2v) is 7.45. The number of benzene rings is 2. The molecule has 8 nitrogen and oxygen atoms in total. The lowest BCUT2D eigenvalue weighted by molar-refractivity contribution is -0.145. The molecule has 1 heterocycles. The van der Waals surface area contributed by atoms with Crippen LogP contribution in [0.2, 0.25) is 0 Å². The number of nitriles is 1. The van der Waals surface area contributed by atoms with Gasteiger partial charge in [-0.15, -0.1) is 0 Å². The molecule has 1 saturated heterocycles. The van der Waals surface area contributed by atoms with Crippen LogP contribution in [0.5, 0.6) is 0 Å². The minimum Gasteiger partial charge on any atom is -0.467 e. The Morgan fingerprint density at radius 2 is 1.88 bits per heavy atom. The van der Waals surface area contributed by atoms with Gasteiger partial charge < -0.3 is 14.8 Å². The number of rotatable bonds is 7. The van der Waals surface area contributed by atoms with E-state index in [2.05, 4.69) is 11.4 Å². The van der Waals surface area contributed by atoms with Crippen LogP contribution >= 0.6 is 0 Å². The first-order valence-corrected chi connectivity index (χ1v) is 10.4. The molecule has 32 heavy (non-hydrogen) atoms. The van der Waals surface area contributed by atoms with Crippen LogP contribution in [0, 0.1) is 11.3 Å². The second-order valence-electron chi connectivity index (χ2n) is 7.45. The Labute approximate surface area is 186 Å². The molecule has 1 fully saturated rings. The number of carbonyl (C=O) groups excluding carboxylic acids is 3. The number of ether oxygens (including phenoxy) is 2. The lowest BCUT2D eigenvalue weighted by atomic mass is 10.0. The quantitative estimate of drug-likeness (QED) is 0.670. The van der Waals surface area contributed by atoms with E-state index in [9.17, 15) is 19.6 Å². The molecule has 1 aliphatic rings. The summed E-state index contributed by atoms with van der Waals surface area (Å²) >= 11 is 0. The van der Waals surface area contributed by atoms with E-state index in [0.717, 1.165) is 5.56 Å². The van der Waals surface area contributed by atoms with Gasteiger partial charge in [0.1, 0.15) is 18.7 Å². The van der Waals surface area contributed by atoms with Crippen molar-refractivity contribution < 1.29 is 23.9 Å². The van der Waals surface area contributed by atoms with Gasteiger partial charge in [-0.1, -0.05) is 48.5 Å². The summed E-state index contributed by atoms with van der Waals surface area (Å²) in [5, 5.41) is 12.0. The fourth-order valence-corrected chi connectivity index (χ4v) is 3.69. The highest BCUT2D eigenvalue weighted by Crippen LogP contribution is 2.20. The number of nitrogens with one attached hydrogen (secondary N) is 1. The molecule has 1 N–H and O–H groups in total. The van der Waals surface area contributed by atoms with Crippen molar-refractivity contribution in [3.05, 3.63) is 71.3 Å². The zero-order valence-corrected chi connectivity index (χ0v) is 17.8. The molecule has 2 amide bonds. The molecule has 0 unspecified atom stereocenters. The molecule has 166 valence electrons. The normalized spacial score (nSPS) is 16.0. The number of hydrogen-bond donors (Lipinski definition) is 1. The summed E-state index contributed by atoms with van der Waals surface area (Å²) < 4.78 is 10.2. The topological polar surface area (TPSA) is 109 Å². The predicted octanol–water partition coefficient (Wildman–Crippen LogP) is 2.56. The molecule has 0 saturated carbocycles. The summed E-state index contributed by atoms with van der Waals surface area (Å²) in [6.45, 7) is 0.506. The lowest BCUT2D eigenvalue weighted by Gasteiger charge is -2.25. The first kappa shape index (κ1) is 22.8. The fourth-order valence-electron chi connectivity index (χ4n) is 3.69. The maximum Gasteiger partial charge on any atom is 0.410 e. The first-order chi connectivity index (χ1) is 15.5. The monoisotopic (exact) mass is 435 g/mol. The zero-order valence-electron chi connectivity index (χ0n) is 17.8. The summed E-state index contributed by atoms with van der Waals surface area (Å²) in [7, 11) is 1.24. The van der Waals surface area contributed by atoms with Gasteiger partial charge in [0.15, 0.2) is 0 Å². The van der Waals surface area contributed by atoms with E-state index < -0.39 is 30.1 Å². The molecular weight excluding hydrogens is 410 g/mol. The molecule has 8 heteroatoms. The molecule has 0 aromatic heterocycles. The van der Waals surface area contributed by atoms with E-state index in [1.54, 1.807) is 24.3 Å². The van der Waals surface area contributed by atoms with E-state index in [0.29, 0.717) is 30.5 Å². The van der Waals surface area contributed by atoms with E-state index >= 15 is 0 Å². The van der Waals surface area contributed by atoms with Crippen LogP contribution in [-0.2, 0) is 32.1 Å². The molecule has 2 atom stereocenters. The first-order valence-electron chi connectivity index (χ1n) is 10.4. The number of esters is 1. The van der Waals surface area contributed by atoms with Crippen LogP contribution in [0.1, 0.15) is 29.5 Å². The highest BCUT2D eigenvalue weighted by atomic mass is 16.6. The zero-order chi connectivity index (χ0) is 22.9. The number of methoxy groups -OCH3 is 1. The molecule has 2 aromatic rings. The van der Waals surface area contributed by atoms with Gasteiger partial charge in [0.25, 0.3) is 0 Å². The Morgan fingerprint density at radius 1 is 1.16 bits per heavy atom. The van der Waals surface area contributed by atoms with Crippen molar-refractivity contribution in [1.82, 2.24) is 10.2 Å². The van der Waals surface area contributed by atoms with Crippen molar-refractivity contribution >= 4 is 18.0 Å². The standard InChI is InChI=1S/C24H25N3O5/c1-31-23(29)20(14-18-10-5-6-11-19(18)15-25)26-22(28)21-12-7-13-27(21)24(30)32-16-17-8-3-2-4-9-17/h2-6,8-11,20-21H,7,12-14,16H2,1H3,(H,26,28)/t20-,21-/m1/s1. The van der Waals surface area contributed by atoms with Gasteiger partial charge in [0, 0.05) is 13.0 Å². The number of likely N-dealkylation sites (tertiary alicyclic amines) is 1. The van der Waals surface area contributed by atoms with Gasteiger partial charge in [-0.2, -0.15) is 5.26 Å². The average molecular weight is 435 g/mol. The van der Waals surface area contributed by atoms with Gasteiger partial charge >= 0.3 is 12.1 Å². The third-order valence-corrected chi connectivity index (χ3v) is 5.36. The molecule has 0 bridgehead atoms. The third-order valence-electron chi connectivity index (χ3n) is 5.36. The van der Waals surface area contributed by atoms with Crippen molar-refractivity contribution in [3.63, 3.8) is 0 Å². The van der Waals surface area contributed by atoms with Gasteiger partial charge in [0.05, 0.1) is 18.7 Å².